The number of alkyl carbamates (subject to hydrolysis) is 1. The van der Waals surface area contributed by atoms with Gasteiger partial charge in [0, 0.05) is 25.7 Å². The summed E-state index contributed by atoms with van der Waals surface area (Å²) in [6.07, 6.45) is 1.74. The van der Waals surface area contributed by atoms with E-state index in [4.69, 9.17) is 9.47 Å². The minimum atomic E-state index is -0.455. The third kappa shape index (κ3) is 8.56. The van der Waals surface area contributed by atoms with E-state index in [1.165, 1.54) is 0 Å². The lowest BCUT2D eigenvalue weighted by molar-refractivity contribution is -0.0633. The van der Waals surface area contributed by atoms with Gasteiger partial charge in [0.15, 0.2) is 0 Å². The van der Waals surface area contributed by atoms with Crippen LogP contribution in [0.2, 0.25) is 0 Å². The summed E-state index contributed by atoms with van der Waals surface area (Å²) >= 11 is 0. The summed E-state index contributed by atoms with van der Waals surface area (Å²) in [5.41, 5.74) is -0.499. The minimum Gasteiger partial charge on any atom is -0.444 e. The first-order valence-corrected chi connectivity index (χ1v) is 8.83. The van der Waals surface area contributed by atoms with E-state index in [-0.39, 0.29) is 11.7 Å². The third-order valence-corrected chi connectivity index (χ3v) is 4.22. The molecular weight excluding hydrogens is 292 g/mol. The van der Waals surface area contributed by atoms with Crippen molar-refractivity contribution in [1.82, 2.24) is 10.6 Å². The van der Waals surface area contributed by atoms with E-state index in [1.807, 2.05) is 20.8 Å². The molecule has 1 amide bonds. The van der Waals surface area contributed by atoms with Gasteiger partial charge in [0.2, 0.25) is 0 Å². The van der Waals surface area contributed by atoms with E-state index in [1.54, 1.807) is 0 Å². The van der Waals surface area contributed by atoms with Gasteiger partial charge in [-0.1, -0.05) is 13.8 Å². The summed E-state index contributed by atoms with van der Waals surface area (Å²) in [5.74, 6) is 0.874. The molecule has 2 atom stereocenters. The molecule has 0 aromatic carbocycles. The van der Waals surface area contributed by atoms with Gasteiger partial charge < -0.3 is 20.1 Å². The number of hydrogen-bond acceptors (Lipinski definition) is 4. The Hall–Kier alpha value is -0.810. The lowest BCUT2D eigenvalue weighted by Crippen LogP contribution is -2.47. The monoisotopic (exact) mass is 328 g/mol. The van der Waals surface area contributed by atoms with Crippen molar-refractivity contribution in [2.45, 2.75) is 78.6 Å². The fraction of sp³-hybridized carbons (Fsp3) is 0.944. The molecule has 5 nitrogen and oxygen atoms in total. The summed E-state index contributed by atoms with van der Waals surface area (Å²) in [5, 5.41) is 6.56. The average Bonchev–Trinajstić information content (AvgIpc) is 2.34. The summed E-state index contributed by atoms with van der Waals surface area (Å²) < 4.78 is 11.1. The fourth-order valence-corrected chi connectivity index (χ4v) is 2.80. The van der Waals surface area contributed by atoms with E-state index in [9.17, 15) is 4.79 Å². The molecule has 0 bridgehead atoms. The van der Waals surface area contributed by atoms with Gasteiger partial charge in [0.05, 0.1) is 5.60 Å². The Morgan fingerprint density at radius 3 is 2.48 bits per heavy atom. The molecule has 1 saturated heterocycles. The molecule has 0 aromatic rings. The summed E-state index contributed by atoms with van der Waals surface area (Å²) in [6.45, 7) is 16.6. The van der Waals surface area contributed by atoms with Crippen molar-refractivity contribution in [3.8, 4) is 0 Å². The predicted molar refractivity (Wildman–Crippen MR) is 93.6 cm³/mol. The van der Waals surface area contributed by atoms with Crippen LogP contribution >= 0.6 is 0 Å². The van der Waals surface area contributed by atoms with E-state index in [2.05, 4.69) is 38.3 Å². The normalized spacial score (nSPS) is 22.7. The molecule has 5 heteroatoms. The maximum absolute atomic E-state index is 11.8. The molecular formula is C18H36N2O3. The lowest BCUT2D eigenvalue weighted by Gasteiger charge is -2.37. The number of carbonyl (C=O) groups excluding carboxylic acids is 1. The molecule has 0 spiro atoms. The second-order valence-electron chi connectivity index (χ2n) is 8.59. The van der Waals surface area contributed by atoms with Crippen LogP contribution in [0, 0.1) is 11.8 Å². The Balaban J connectivity index is 2.39. The summed E-state index contributed by atoms with van der Waals surface area (Å²) in [7, 11) is 0. The first kappa shape index (κ1) is 20.2. The molecule has 2 unspecified atom stereocenters. The molecule has 136 valence electrons. The number of ether oxygens (including phenoxy) is 2. The van der Waals surface area contributed by atoms with Crippen molar-refractivity contribution in [3.05, 3.63) is 0 Å². The lowest BCUT2D eigenvalue weighted by atomic mass is 9.91. The second kappa shape index (κ2) is 8.34. The van der Waals surface area contributed by atoms with E-state index in [0.29, 0.717) is 24.4 Å². The first-order valence-electron chi connectivity index (χ1n) is 8.83. The fourth-order valence-electron chi connectivity index (χ4n) is 2.80. The van der Waals surface area contributed by atoms with Gasteiger partial charge in [0.1, 0.15) is 5.60 Å². The van der Waals surface area contributed by atoms with E-state index >= 15 is 0 Å². The van der Waals surface area contributed by atoms with Crippen molar-refractivity contribution in [2.75, 3.05) is 19.7 Å². The average molecular weight is 328 g/mol. The molecule has 2 N–H and O–H groups in total. The Morgan fingerprint density at radius 2 is 1.96 bits per heavy atom. The van der Waals surface area contributed by atoms with Gasteiger partial charge in [0.25, 0.3) is 0 Å². The second-order valence-corrected chi connectivity index (χ2v) is 8.59. The van der Waals surface area contributed by atoms with Crippen molar-refractivity contribution in [2.24, 2.45) is 11.8 Å². The Morgan fingerprint density at radius 1 is 1.30 bits per heavy atom. The third-order valence-electron chi connectivity index (χ3n) is 4.22. The Labute approximate surface area is 141 Å². The van der Waals surface area contributed by atoms with Gasteiger partial charge in [-0.25, -0.2) is 4.79 Å². The highest BCUT2D eigenvalue weighted by molar-refractivity contribution is 5.67. The molecule has 0 aromatic heterocycles. The molecule has 0 radical (unpaired) electrons. The predicted octanol–water partition coefficient (Wildman–Crippen LogP) is 3.33. The van der Waals surface area contributed by atoms with Crippen LogP contribution in [0.3, 0.4) is 0 Å². The van der Waals surface area contributed by atoms with Crippen LogP contribution in [-0.2, 0) is 9.47 Å². The quantitative estimate of drug-likeness (QED) is 0.785. The number of carbonyl (C=O) groups is 1. The van der Waals surface area contributed by atoms with Crippen molar-refractivity contribution >= 4 is 6.09 Å². The minimum absolute atomic E-state index is 0.0436. The molecule has 1 rings (SSSR count). The van der Waals surface area contributed by atoms with Crippen LogP contribution in [0.4, 0.5) is 4.79 Å². The van der Waals surface area contributed by atoms with Gasteiger partial charge >= 0.3 is 6.09 Å². The van der Waals surface area contributed by atoms with Gasteiger partial charge in [-0.3, -0.25) is 0 Å². The highest BCUT2D eigenvalue weighted by atomic mass is 16.6. The number of nitrogens with one attached hydrogen (secondary N) is 2. The zero-order valence-electron chi connectivity index (χ0n) is 16.0. The van der Waals surface area contributed by atoms with Crippen molar-refractivity contribution in [3.63, 3.8) is 0 Å². The van der Waals surface area contributed by atoms with Crippen LogP contribution < -0.4 is 10.6 Å². The molecule has 1 aliphatic heterocycles. The topological polar surface area (TPSA) is 59.6 Å². The van der Waals surface area contributed by atoms with Crippen LogP contribution in [0.5, 0.6) is 0 Å². The first-order chi connectivity index (χ1) is 10.5. The zero-order chi connectivity index (χ0) is 17.7. The largest absolute Gasteiger partial charge is 0.444 e. The summed E-state index contributed by atoms with van der Waals surface area (Å²) in [4.78, 5) is 11.8. The maximum Gasteiger partial charge on any atom is 0.407 e. The highest BCUT2D eigenvalue weighted by Crippen LogP contribution is 2.24. The standard InChI is InChI=1S/C18H36N2O3/c1-13(2)14(12-20-16(21)23-17(3,4)5)11-19-15-8-9-22-18(6,7)10-15/h13-15,19H,8-12H2,1-7H3,(H,20,21). The SMILES string of the molecule is CC(C)C(CNC(=O)OC(C)(C)C)CNC1CCOC(C)(C)C1. The maximum atomic E-state index is 11.8. The number of rotatable bonds is 6. The van der Waals surface area contributed by atoms with Crippen LogP contribution in [0.25, 0.3) is 0 Å². The number of hydrogen-bond donors (Lipinski definition) is 2. The Bertz CT molecular complexity index is 375. The molecule has 0 saturated carbocycles. The van der Waals surface area contributed by atoms with Crippen LogP contribution in [0.1, 0.15) is 61.3 Å². The Kier molecular flexibility index (Phi) is 7.33. The molecule has 1 aliphatic rings. The smallest absolute Gasteiger partial charge is 0.407 e. The molecule has 0 aliphatic carbocycles. The van der Waals surface area contributed by atoms with Crippen molar-refractivity contribution < 1.29 is 14.3 Å². The van der Waals surface area contributed by atoms with Crippen molar-refractivity contribution in [1.29, 1.82) is 0 Å². The molecule has 1 heterocycles. The van der Waals surface area contributed by atoms with Crippen LogP contribution in [0.15, 0.2) is 0 Å². The summed E-state index contributed by atoms with van der Waals surface area (Å²) in [6, 6.07) is 0.488. The molecule has 1 fully saturated rings. The van der Waals surface area contributed by atoms with E-state index in [0.717, 1.165) is 26.0 Å². The van der Waals surface area contributed by atoms with E-state index < -0.39 is 5.60 Å². The van der Waals surface area contributed by atoms with Crippen LogP contribution in [-0.4, -0.2) is 43.0 Å². The van der Waals surface area contributed by atoms with Gasteiger partial charge in [-0.15, -0.1) is 0 Å². The molecule has 23 heavy (non-hydrogen) atoms. The van der Waals surface area contributed by atoms with Gasteiger partial charge in [-0.05, 0) is 59.3 Å². The van der Waals surface area contributed by atoms with Gasteiger partial charge in [-0.2, -0.15) is 0 Å². The zero-order valence-corrected chi connectivity index (χ0v) is 16.0. The number of amides is 1. The highest BCUT2D eigenvalue weighted by Gasteiger charge is 2.29.